The molecular weight excluding hydrogens is 464 g/mol. The van der Waals surface area contributed by atoms with Gasteiger partial charge in [0.1, 0.15) is 5.70 Å². The number of amides is 1. The van der Waals surface area contributed by atoms with Crippen molar-refractivity contribution in [3.8, 4) is 0 Å². The van der Waals surface area contributed by atoms with E-state index in [1.54, 1.807) is 36.3 Å². The van der Waals surface area contributed by atoms with Crippen molar-refractivity contribution >= 4 is 39.0 Å². The number of aliphatic imine (C=N–C) groups is 2. The maximum Gasteiger partial charge on any atom is 0.292 e. The van der Waals surface area contributed by atoms with Crippen LogP contribution in [0.3, 0.4) is 0 Å². The van der Waals surface area contributed by atoms with Gasteiger partial charge in [-0.1, -0.05) is 61.2 Å². The summed E-state index contributed by atoms with van der Waals surface area (Å²) in [6.45, 7) is 6.02. The minimum Gasteiger partial charge on any atom is -0.319 e. The second-order valence-electron chi connectivity index (χ2n) is 7.79. The molecule has 0 spiro atoms. The molecule has 0 aromatic heterocycles. The largest absolute Gasteiger partial charge is 0.319 e. The van der Waals surface area contributed by atoms with E-state index < -0.39 is 15.9 Å². The fourth-order valence-corrected chi connectivity index (χ4v) is 3.86. The molecular formula is C25H28N6O3S. The van der Waals surface area contributed by atoms with Gasteiger partial charge in [-0.2, -0.15) is 0 Å². The summed E-state index contributed by atoms with van der Waals surface area (Å²) in [5, 5.41) is 4.43. The average molecular weight is 493 g/mol. The number of benzene rings is 2. The van der Waals surface area contributed by atoms with E-state index in [-0.39, 0.29) is 5.84 Å². The van der Waals surface area contributed by atoms with Gasteiger partial charge in [0, 0.05) is 12.7 Å². The van der Waals surface area contributed by atoms with Crippen LogP contribution in [-0.2, 0) is 21.4 Å². The van der Waals surface area contributed by atoms with Crippen LogP contribution in [0.1, 0.15) is 12.5 Å². The molecule has 182 valence electrons. The van der Waals surface area contributed by atoms with Crippen LogP contribution in [0.25, 0.3) is 0 Å². The summed E-state index contributed by atoms with van der Waals surface area (Å²) < 4.78 is 25.4. The zero-order valence-corrected chi connectivity index (χ0v) is 20.6. The van der Waals surface area contributed by atoms with Crippen LogP contribution >= 0.6 is 0 Å². The van der Waals surface area contributed by atoms with Crippen LogP contribution in [0.4, 0.5) is 11.4 Å². The minimum atomic E-state index is -3.45. The number of amidine groups is 2. The molecule has 0 radical (unpaired) electrons. The molecule has 35 heavy (non-hydrogen) atoms. The van der Waals surface area contributed by atoms with Crippen molar-refractivity contribution in [2.24, 2.45) is 9.98 Å². The molecule has 0 saturated heterocycles. The maximum absolute atomic E-state index is 13.0. The number of nitrogens with one attached hydrogen (secondary N) is 3. The number of allylic oxidation sites excluding steroid dienone is 4. The van der Waals surface area contributed by atoms with Gasteiger partial charge in [-0.25, -0.2) is 13.4 Å². The topological polar surface area (TPSA) is 115 Å². The van der Waals surface area contributed by atoms with Crippen LogP contribution in [0.2, 0.25) is 0 Å². The first-order valence-electron chi connectivity index (χ1n) is 10.7. The lowest BCUT2D eigenvalue weighted by atomic mass is 10.1. The lowest BCUT2D eigenvalue weighted by Crippen LogP contribution is -2.50. The molecule has 2 aromatic rings. The Labute approximate surface area is 205 Å². The van der Waals surface area contributed by atoms with Crippen LogP contribution < -0.4 is 15.5 Å². The predicted octanol–water partition coefficient (Wildman–Crippen LogP) is 3.46. The van der Waals surface area contributed by atoms with Crippen molar-refractivity contribution < 1.29 is 13.2 Å². The number of sulfonamides is 1. The number of carbonyl (C=O) groups excluding carboxylic acids is 1. The molecule has 1 aliphatic rings. The zero-order valence-electron chi connectivity index (χ0n) is 19.8. The summed E-state index contributed by atoms with van der Waals surface area (Å²) in [4.78, 5) is 22.2. The lowest BCUT2D eigenvalue weighted by molar-refractivity contribution is -0.110. The van der Waals surface area contributed by atoms with E-state index in [4.69, 9.17) is 0 Å². The third-order valence-corrected chi connectivity index (χ3v) is 5.39. The summed E-state index contributed by atoms with van der Waals surface area (Å²) >= 11 is 0. The van der Waals surface area contributed by atoms with E-state index in [2.05, 4.69) is 32.0 Å². The molecule has 3 rings (SSSR count). The van der Waals surface area contributed by atoms with Gasteiger partial charge in [0.15, 0.2) is 5.84 Å². The molecule has 1 heterocycles. The Morgan fingerprint density at radius 1 is 1.17 bits per heavy atom. The van der Waals surface area contributed by atoms with Crippen LogP contribution in [-0.4, -0.2) is 44.3 Å². The molecule has 1 amide bonds. The highest BCUT2D eigenvalue weighted by Gasteiger charge is 2.25. The molecule has 0 unspecified atom stereocenters. The molecule has 0 atom stereocenters. The average Bonchev–Trinajstić information content (AvgIpc) is 2.80. The summed E-state index contributed by atoms with van der Waals surface area (Å²) in [5.41, 5.74) is 6.34. The lowest BCUT2D eigenvalue weighted by Gasteiger charge is -2.30. The van der Waals surface area contributed by atoms with Crippen molar-refractivity contribution in [2.75, 3.05) is 23.3 Å². The quantitative estimate of drug-likeness (QED) is 0.488. The molecule has 0 saturated carbocycles. The summed E-state index contributed by atoms with van der Waals surface area (Å²) in [5.74, 6) is -0.0527. The SMILES string of the molecule is C=CC=CC(C)=C1C(=NCc2ccccc2)N=C(C(=O)Nc2cccc(NS(C)(=O)=O)c2)NN1C. The third-order valence-electron chi connectivity index (χ3n) is 4.79. The second-order valence-corrected chi connectivity index (χ2v) is 9.54. The number of nitrogens with zero attached hydrogens (tertiary/aromatic N) is 3. The van der Waals surface area contributed by atoms with Gasteiger partial charge in [-0.15, -0.1) is 0 Å². The number of hydrazine groups is 1. The van der Waals surface area contributed by atoms with Crippen molar-refractivity contribution in [3.05, 3.63) is 96.2 Å². The highest BCUT2D eigenvalue weighted by molar-refractivity contribution is 7.92. The summed E-state index contributed by atoms with van der Waals surface area (Å²) in [6.07, 6.45) is 6.44. The van der Waals surface area contributed by atoms with Crippen molar-refractivity contribution in [1.82, 2.24) is 10.4 Å². The Bertz CT molecular complexity index is 1330. The van der Waals surface area contributed by atoms with Gasteiger partial charge in [-0.05, 0) is 36.3 Å². The van der Waals surface area contributed by atoms with E-state index in [0.29, 0.717) is 23.8 Å². The van der Waals surface area contributed by atoms with Gasteiger partial charge < -0.3 is 5.32 Å². The first kappa shape index (κ1) is 25.4. The van der Waals surface area contributed by atoms with Crippen LogP contribution in [0.15, 0.2) is 101 Å². The molecule has 3 N–H and O–H groups in total. The summed E-state index contributed by atoms with van der Waals surface area (Å²) in [6, 6.07) is 16.1. The molecule has 0 bridgehead atoms. The van der Waals surface area contributed by atoms with Crippen molar-refractivity contribution in [2.45, 2.75) is 13.5 Å². The number of hydrogen-bond acceptors (Lipinski definition) is 6. The van der Waals surface area contributed by atoms with Gasteiger partial charge in [0.2, 0.25) is 15.9 Å². The van der Waals surface area contributed by atoms with Gasteiger partial charge >= 0.3 is 0 Å². The standard InChI is InChI=1S/C25H28N6O3S/c1-5-6-11-18(2)22-23(26-17-19-12-8-7-9-13-19)28-24(29-31(22)3)25(32)27-20-14-10-15-21(16-20)30-35(4,33)34/h5-16,30H,1,17H2,2-4H3,(H,27,32)(H,26,28,29). The molecule has 9 nitrogen and oxygen atoms in total. The van der Waals surface area contributed by atoms with E-state index in [1.807, 2.05) is 49.4 Å². The van der Waals surface area contributed by atoms with Crippen molar-refractivity contribution in [3.63, 3.8) is 0 Å². The molecule has 0 aliphatic carbocycles. The normalized spacial score (nSPS) is 16.5. The number of rotatable bonds is 8. The number of likely N-dealkylation sites (N-methyl/N-ethyl adjacent to an activating group) is 1. The smallest absolute Gasteiger partial charge is 0.292 e. The predicted molar refractivity (Wildman–Crippen MR) is 141 cm³/mol. The third kappa shape index (κ3) is 7.41. The fourth-order valence-electron chi connectivity index (χ4n) is 3.31. The highest BCUT2D eigenvalue weighted by Crippen LogP contribution is 2.19. The summed E-state index contributed by atoms with van der Waals surface area (Å²) in [7, 11) is -1.67. The number of hydrogen-bond donors (Lipinski definition) is 3. The zero-order chi connectivity index (χ0) is 25.4. The van der Waals surface area contributed by atoms with Crippen LogP contribution in [0.5, 0.6) is 0 Å². The van der Waals surface area contributed by atoms with Crippen LogP contribution in [0, 0.1) is 0 Å². The Morgan fingerprint density at radius 2 is 1.89 bits per heavy atom. The first-order valence-corrected chi connectivity index (χ1v) is 12.6. The Kier molecular flexibility index (Phi) is 8.21. The first-order chi connectivity index (χ1) is 16.7. The number of carbonyl (C=O) groups is 1. The van der Waals surface area contributed by atoms with Gasteiger partial charge in [-0.3, -0.25) is 24.9 Å². The molecule has 2 aromatic carbocycles. The molecule has 0 fully saturated rings. The van der Waals surface area contributed by atoms with Gasteiger partial charge in [0.05, 0.1) is 18.5 Å². The minimum absolute atomic E-state index is 0.0463. The van der Waals surface area contributed by atoms with E-state index >= 15 is 0 Å². The van der Waals surface area contributed by atoms with Crippen molar-refractivity contribution in [1.29, 1.82) is 0 Å². The van der Waals surface area contributed by atoms with E-state index in [0.717, 1.165) is 23.1 Å². The Morgan fingerprint density at radius 3 is 2.57 bits per heavy atom. The van der Waals surface area contributed by atoms with E-state index in [9.17, 15) is 13.2 Å². The molecule has 1 aliphatic heterocycles. The monoisotopic (exact) mass is 492 g/mol. The fraction of sp³-hybridized carbons (Fsp3) is 0.160. The van der Waals surface area contributed by atoms with E-state index in [1.165, 1.54) is 6.07 Å². The van der Waals surface area contributed by atoms with Gasteiger partial charge in [0.25, 0.3) is 5.91 Å². The molecule has 10 heteroatoms. The Balaban J connectivity index is 1.92. The maximum atomic E-state index is 13.0. The Hall–Kier alpha value is -4.18. The number of anilines is 2. The highest BCUT2D eigenvalue weighted by atomic mass is 32.2. The second kappa shape index (κ2) is 11.3.